The second-order valence-corrected chi connectivity index (χ2v) is 11.4. The lowest BCUT2D eigenvalue weighted by Gasteiger charge is -2.21. The van der Waals surface area contributed by atoms with Crippen molar-refractivity contribution in [2.24, 2.45) is 0 Å². The van der Waals surface area contributed by atoms with Gasteiger partial charge in [-0.3, -0.25) is 4.98 Å². The number of rotatable bonds is 12. The topological polar surface area (TPSA) is 93.2 Å². The maximum absolute atomic E-state index is 10.1. The number of aromatic amines is 1. The summed E-state index contributed by atoms with van der Waals surface area (Å²) in [5, 5.41) is 27.5. The quantitative estimate of drug-likeness (QED) is 0.114. The van der Waals surface area contributed by atoms with Crippen LogP contribution in [0.4, 0.5) is 11.4 Å². The average Bonchev–Trinajstić information content (AvgIpc) is 3.49. The number of anilines is 2. The number of aromatic nitrogens is 2. The molecule has 2 aromatic carbocycles. The molecule has 0 aliphatic heterocycles. The second-order valence-electron chi connectivity index (χ2n) is 10.4. The van der Waals surface area contributed by atoms with Gasteiger partial charge in [-0.15, -0.1) is 11.3 Å². The first-order valence-electron chi connectivity index (χ1n) is 13.3. The van der Waals surface area contributed by atoms with Gasteiger partial charge in [-0.25, -0.2) is 0 Å². The van der Waals surface area contributed by atoms with E-state index < -0.39 is 5.60 Å². The molecule has 198 valence electrons. The van der Waals surface area contributed by atoms with E-state index in [4.69, 9.17) is 5.11 Å². The van der Waals surface area contributed by atoms with Crippen LogP contribution in [0.25, 0.3) is 31.6 Å². The summed E-state index contributed by atoms with van der Waals surface area (Å²) in [6.07, 6.45) is 4.96. The van der Waals surface area contributed by atoms with Gasteiger partial charge in [0.05, 0.1) is 21.5 Å². The molecule has 0 bridgehead atoms. The molecule has 3 aromatic heterocycles. The predicted octanol–water partition coefficient (Wildman–Crippen LogP) is 6.89. The van der Waals surface area contributed by atoms with Crippen LogP contribution < -0.4 is 10.6 Å². The number of H-pyrrole nitrogens is 1. The van der Waals surface area contributed by atoms with Crippen molar-refractivity contribution in [1.29, 1.82) is 0 Å². The number of hydrogen-bond donors (Lipinski definition) is 5. The van der Waals surface area contributed by atoms with E-state index in [9.17, 15) is 5.11 Å². The summed E-state index contributed by atoms with van der Waals surface area (Å²) in [6, 6.07) is 21.5. The number of hydrogen-bond acceptors (Lipinski definition) is 6. The van der Waals surface area contributed by atoms with E-state index in [-0.39, 0.29) is 6.61 Å². The molecule has 0 radical (unpaired) electrons. The number of unbranched alkanes of at least 4 members (excludes halogenated alkanes) is 1. The van der Waals surface area contributed by atoms with Gasteiger partial charge >= 0.3 is 0 Å². The summed E-state index contributed by atoms with van der Waals surface area (Å²) in [6.45, 7) is 5.63. The van der Waals surface area contributed by atoms with Crippen LogP contribution in [0.15, 0.2) is 66.9 Å². The molecule has 0 saturated heterocycles. The van der Waals surface area contributed by atoms with Crippen molar-refractivity contribution in [3.8, 4) is 10.4 Å². The average molecular weight is 529 g/mol. The summed E-state index contributed by atoms with van der Waals surface area (Å²) < 4.78 is 1.15. The molecule has 5 aromatic rings. The molecule has 1 unspecified atom stereocenters. The van der Waals surface area contributed by atoms with E-state index in [1.165, 1.54) is 21.4 Å². The molecule has 6 nitrogen and oxygen atoms in total. The molecule has 3 heterocycles. The van der Waals surface area contributed by atoms with Crippen molar-refractivity contribution >= 4 is 43.8 Å². The molecule has 38 heavy (non-hydrogen) atoms. The van der Waals surface area contributed by atoms with Gasteiger partial charge in [-0.1, -0.05) is 24.3 Å². The Balaban J connectivity index is 1.19. The molecule has 0 aliphatic carbocycles. The Morgan fingerprint density at radius 3 is 2.66 bits per heavy atom. The minimum Gasteiger partial charge on any atom is -0.396 e. The number of thiophene rings is 1. The van der Waals surface area contributed by atoms with Gasteiger partial charge in [0.2, 0.25) is 0 Å². The van der Waals surface area contributed by atoms with E-state index in [0.29, 0.717) is 12.8 Å². The molecular weight excluding hydrogens is 492 g/mol. The Labute approximate surface area is 227 Å². The fourth-order valence-electron chi connectivity index (χ4n) is 4.83. The van der Waals surface area contributed by atoms with Crippen LogP contribution in [-0.2, 0) is 6.54 Å². The van der Waals surface area contributed by atoms with Gasteiger partial charge in [0.15, 0.2) is 0 Å². The number of benzene rings is 2. The molecule has 5 N–H and O–H groups in total. The molecule has 0 saturated carbocycles. The zero-order valence-corrected chi connectivity index (χ0v) is 22.9. The van der Waals surface area contributed by atoms with Crippen LogP contribution in [0.1, 0.15) is 43.9 Å². The van der Waals surface area contributed by atoms with Crippen LogP contribution in [0.3, 0.4) is 0 Å². The van der Waals surface area contributed by atoms with Crippen molar-refractivity contribution in [3.63, 3.8) is 0 Å². The monoisotopic (exact) mass is 528 g/mol. The number of aryl methyl sites for hydroxylation is 1. The van der Waals surface area contributed by atoms with Gasteiger partial charge < -0.3 is 25.8 Å². The van der Waals surface area contributed by atoms with E-state index in [1.54, 1.807) is 18.3 Å². The highest BCUT2D eigenvalue weighted by Crippen LogP contribution is 2.38. The minimum atomic E-state index is -0.764. The van der Waals surface area contributed by atoms with Crippen molar-refractivity contribution in [3.05, 3.63) is 78.1 Å². The molecule has 5 rings (SSSR count). The molecule has 1 atom stereocenters. The van der Waals surface area contributed by atoms with Crippen molar-refractivity contribution in [2.45, 2.75) is 51.7 Å². The third-order valence-electron chi connectivity index (χ3n) is 6.98. The maximum Gasteiger partial charge on any atom is 0.0837 e. The fraction of sp³-hybridized carbons (Fsp3) is 0.323. The van der Waals surface area contributed by atoms with Crippen molar-refractivity contribution in [1.82, 2.24) is 15.3 Å². The van der Waals surface area contributed by atoms with Gasteiger partial charge in [-0.2, -0.15) is 0 Å². The highest BCUT2D eigenvalue weighted by Gasteiger charge is 2.18. The molecule has 0 aliphatic rings. The normalized spacial score (nSPS) is 13.3. The molecule has 0 fully saturated rings. The van der Waals surface area contributed by atoms with Gasteiger partial charge in [0.1, 0.15) is 0 Å². The molecule has 0 spiro atoms. The van der Waals surface area contributed by atoms with E-state index >= 15 is 0 Å². The van der Waals surface area contributed by atoms with Crippen LogP contribution in [0.5, 0.6) is 0 Å². The summed E-state index contributed by atoms with van der Waals surface area (Å²) in [7, 11) is 0. The number of aliphatic hydroxyl groups excluding tert-OH is 1. The lowest BCUT2D eigenvalue weighted by atomic mass is 9.96. The number of nitrogens with zero attached hydrogens (tertiary/aromatic N) is 1. The Hall–Kier alpha value is -3.23. The summed E-state index contributed by atoms with van der Waals surface area (Å²) in [5.74, 6) is 0. The zero-order valence-electron chi connectivity index (χ0n) is 22.1. The van der Waals surface area contributed by atoms with Crippen LogP contribution >= 0.6 is 11.3 Å². The number of fused-ring (bicyclic) bond motifs is 2. The Morgan fingerprint density at radius 1 is 1.00 bits per heavy atom. The minimum absolute atomic E-state index is 0.0301. The van der Waals surface area contributed by atoms with Gasteiger partial charge in [0, 0.05) is 46.5 Å². The maximum atomic E-state index is 10.1. The standard InChI is InChI=1S/C31H36N4O2S/c1-21-17-24-18-25(9-10-26(24)34-21)35-27-11-15-33-28-19-29(38-30(27)28)23-7-5-22(6-8-23)20-32-14-4-3-12-31(2,37)13-16-36/h5-11,15,17-19,32,34,36-37H,3-4,12-14,16,20H2,1-2H3,(H,33,35). The molecule has 0 amide bonds. The summed E-state index contributed by atoms with van der Waals surface area (Å²) >= 11 is 1.76. The zero-order chi connectivity index (χ0) is 26.5. The molecule has 7 heteroatoms. The highest BCUT2D eigenvalue weighted by atomic mass is 32.1. The fourth-order valence-corrected chi connectivity index (χ4v) is 5.92. The summed E-state index contributed by atoms with van der Waals surface area (Å²) in [5.41, 5.74) is 7.11. The smallest absolute Gasteiger partial charge is 0.0837 e. The largest absolute Gasteiger partial charge is 0.396 e. The van der Waals surface area contributed by atoms with Gasteiger partial charge in [0.25, 0.3) is 0 Å². The number of aliphatic hydroxyl groups is 2. The van der Waals surface area contributed by atoms with Crippen LogP contribution in [-0.4, -0.2) is 38.9 Å². The van der Waals surface area contributed by atoms with Crippen molar-refractivity contribution < 1.29 is 10.2 Å². The highest BCUT2D eigenvalue weighted by molar-refractivity contribution is 7.22. The third kappa shape index (κ3) is 6.42. The summed E-state index contributed by atoms with van der Waals surface area (Å²) in [4.78, 5) is 9.20. The van der Waals surface area contributed by atoms with Crippen molar-refractivity contribution in [2.75, 3.05) is 18.5 Å². The first-order chi connectivity index (χ1) is 18.4. The van der Waals surface area contributed by atoms with E-state index in [1.807, 2.05) is 12.3 Å². The first kappa shape index (κ1) is 26.4. The Bertz CT molecular complexity index is 1500. The third-order valence-corrected chi connectivity index (χ3v) is 8.19. The Morgan fingerprint density at radius 2 is 1.84 bits per heavy atom. The first-order valence-corrected chi connectivity index (χ1v) is 14.1. The van der Waals surface area contributed by atoms with Crippen LogP contribution in [0.2, 0.25) is 0 Å². The lowest BCUT2D eigenvalue weighted by molar-refractivity contribution is 0.0233. The van der Waals surface area contributed by atoms with Gasteiger partial charge in [-0.05, 0) is 93.6 Å². The molecular formula is C31H36N4O2S. The van der Waals surface area contributed by atoms with E-state index in [0.717, 1.165) is 58.7 Å². The number of nitrogens with one attached hydrogen (secondary N) is 3. The second kappa shape index (κ2) is 11.7. The lowest BCUT2D eigenvalue weighted by Crippen LogP contribution is -2.25. The Kier molecular flexibility index (Phi) is 8.09. The SMILES string of the molecule is Cc1cc2cc(Nc3ccnc4cc(-c5ccc(CNCCCCC(C)(O)CCO)cc5)sc34)ccc2[nH]1. The predicted molar refractivity (Wildman–Crippen MR) is 159 cm³/mol. The van der Waals surface area contributed by atoms with Crippen LogP contribution in [0, 0.1) is 6.92 Å². The number of pyridine rings is 1. The van der Waals surface area contributed by atoms with E-state index in [2.05, 4.69) is 82.1 Å².